The lowest BCUT2D eigenvalue weighted by atomic mass is 10.1. The monoisotopic (exact) mass is 243 g/mol. The molecule has 0 amide bonds. The second-order valence-corrected chi connectivity index (χ2v) is 3.51. The van der Waals surface area contributed by atoms with Gasteiger partial charge in [-0.2, -0.15) is 0 Å². The van der Waals surface area contributed by atoms with Crippen LogP contribution in [0.25, 0.3) is 11.1 Å². The Morgan fingerprint density at radius 1 is 1.07 bits per heavy atom. The van der Waals surface area contributed by atoms with E-state index in [1.165, 1.54) is 18.3 Å². The second kappa shape index (κ2) is 4.08. The topological polar surface area (TPSA) is 38.7 Å². The standard InChI is InChI=1S/C9H4Cl2FN3/c10-8-2-7(9(11)15-14-8)5-1-6(12)4-13-3-5/h1-4H. The number of halogens is 3. The van der Waals surface area contributed by atoms with E-state index in [2.05, 4.69) is 15.2 Å². The fourth-order valence-corrected chi connectivity index (χ4v) is 1.46. The first-order valence-corrected chi connectivity index (χ1v) is 4.72. The van der Waals surface area contributed by atoms with Crippen LogP contribution in [0.3, 0.4) is 0 Å². The van der Waals surface area contributed by atoms with E-state index >= 15 is 0 Å². The van der Waals surface area contributed by atoms with E-state index in [4.69, 9.17) is 23.2 Å². The molecule has 0 fully saturated rings. The highest BCUT2D eigenvalue weighted by Gasteiger charge is 2.07. The number of hydrogen-bond acceptors (Lipinski definition) is 3. The van der Waals surface area contributed by atoms with Gasteiger partial charge in [-0.25, -0.2) is 4.39 Å². The van der Waals surface area contributed by atoms with Gasteiger partial charge in [-0.3, -0.25) is 4.98 Å². The summed E-state index contributed by atoms with van der Waals surface area (Å²) < 4.78 is 12.9. The highest BCUT2D eigenvalue weighted by atomic mass is 35.5. The van der Waals surface area contributed by atoms with Gasteiger partial charge in [0.05, 0.1) is 6.20 Å². The van der Waals surface area contributed by atoms with Crippen LogP contribution < -0.4 is 0 Å². The summed E-state index contributed by atoms with van der Waals surface area (Å²) in [4.78, 5) is 3.71. The molecule has 2 heterocycles. The normalized spacial score (nSPS) is 10.3. The fourth-order valence-electron chi connectivity index (χ4n) is 1.11. The van der Waals surface area contributed by atoms with Crippen molar-refractivity contribution in [2.45, 2.75) is 0 Å². The Bertz CT molecular complexity index is 504. The maximum Gasteiger partial charge on any atom is 0.159 e. The van der Waals surface area contributed by atoms with Crippen molar-refractivity contribution in [2.75, 3.05) is 0 Å². The van der Waals surface area contributed by atoms with Crippen LogP contribution in [0.2, 0.25) is 10.3 Å². The van der Waals surface area contributed by atoms with Gasteiger partial charge in [0.15, 0.2) is 10.3 Å². The van der Waals surface area contributed by atoms with Crippen molar-refractivity contribution >= 4 is 23.2 Å². The Morgan fingerprint density at radius 2 is 1.87 bits per heavy atom. The molecular weight excluding hydrogens is 240 g/mol. The summed E-state index contributed by atoms with van der Waals surface area (Å²) in [6, 6.07) is 2.81. The molecule has 0 bridgehead atoms. The van der Waals surface area contributed by atoms with Gasteiger partial charge in [0, 0.05) is 17.3 Å². The van der Waals surface area contributed by atoms with Gasteiger partial charge in [-0.15, -0.1) is 10.2 Å². The van der Waals surface area contributed by atoms with Crippen LogP contribution in [0.5, 0.6) is 0 Å². The average molecular weight is 244 g/mol. The minimum Gasteiger partial charge on any atom is -0.261 e. The van der Waals surface area contributed by atoms with Crippen molar-refractivity contribution in [3.63, 3.8) is 0 Å². The molecule has 0 radical (unpaired) electrons. The maximum atomic E-state index is 12.9. The highest BCUT2D eigenvalue weighted by Crippen LogP contribution is 2.27. The zero-order valence-electron chi connectivity index (χ0n) is 7.28. The summed E-state index contributed by atoms with van der Waals surface area (Å²) in [5.74, 6) is -0.448. The predicted molar refractivity (Wildman–Crippen MR) is 55.2 cm³/mol. The summed E-state index contributed by atoms with van der Waals surface area (Å²) in [7, 11) is 0. The van der Waals surface area contributed by atoms with Gasteiger partial charge < -0.3 is 0 Å². The molecule has 15 heavy (non-hydrogen) atoms. The minimum absolute atomic E-state index is 0.159. The predicted octanol–water partition coefficient (Wildman–Crippen LogP) is 2.98. The van der Waals surface area contributed by atoms with E-state index < -0.39 is 5.82 Å². The number of aromatic nitrogens is 3. The lowest BCUT2D eigenvalue weighted by molar-refractivity contribution is 0.622. The molecule has 0 aliphatic carbocycles. The fraction of sp³-hybridized carbons (Fsp3) is 0. The average Bonchev–Trinajstić information content (AvgIpc) is 2.22. The summed E-state index contributed by atoms with van der Waals surface area (Å²) in [5, 5.41) is 7.53. The third kappa shape index (κ3) is 2.22. The van der Waals surface area contributed by atoms with Gasteiger partial charge in [-0.05, 0) is 12.1 Å². The molecule has 2 aromatic rings. The van der Waals surface area contributed by atoms with Gasteiger partial charge in [0.25, 0.3) is 0 Å². The first-order chi connectivity index (χ1) is 7.16. The van der Waals surface area contributed by atoms with Gasteiger partial charge in [0.2, 0.25) is 0 Å². The Balaban J connectivity index is 2.58. The molecule has 0 spiro atoms. The van der Waals surface area contributed by atoms with E-state index in [1.807, 2.05) is 0 Å². The molecule has 0 atom stereocenters. The molecule has 0 N–H and O–H groups in total. The minimum atomic E-state index is -0.448. The van der Waals surface area contributed by atoms with Crippen LogP contribution in [0.1, 0.15) is 0 Å². The molecule has 0 aliphatic rings. The molecule has 0 saturated heterocycles. The van der Waals surface area contributed by atoms with Crippen LogP contribution in [0, 0.1) is 5.82 Å². The molecule has 0 aliphatic heterocycles. The van der Waals surface area contributed by atoms with Crippen molar-refractivity contribution < 1.29 is 4.39 Å². The molecule has 2 rings (SSSR count). The largest absolute Gasteiger partial charge is 0.261 e. The molecular formula is C9H4Cl2FN3. The molecule has 6 heteroatoms. The number of pyridine rings is 1. The van der Waals surface area contributed by atoms with Crippen molar-refractivity contribution in [2.24, 2.45) is 0 Å². The van der Waals surface area contributed by atoms with E-state index in [-0.39, 0.29) is 10.3 Å². The van der Waals surface area contributed by atoms with Crippen LogP contribution in [-0.4, -0.2) is 15.2 Å². The summed E-state index contributed by atoms with van der Waals surface area (Å²) in [6.45, 7) is 0. The van der Waals surface area contributed by atoms with Gasteiger partial charge in [-0.1, -0.05) is 23.2 Å². The SMILES string of the molecule is Fc1cncc(-c2cc(Cl)nnc2Cl)c1. The maximum absolute atomic E-state index is 12.9. The van der Waals surface area contributed by atoms with Gasteiger partial charge in [0.1, 0.15) is 5.82 Å². The quantitative estimate of drug-likeness (QED) is 0.773. The number of hydrogen-bond donors (Lipinski definition) is 0. The molecule has 3 nitrogen and oxygen atoms in total. The third-order valence-electron chi connectivity index (χ3n) is 1.73. The number of nitrogens with zero attached hydrogens (tertiary/aromatic N) is 3. The van der Waals surface area contributed by atoms with Crippen LogP contribution in [0.15, 0.2) is 24.5 Å². The van der Waals surface area contributed by atoms with E-state index in [0.29, 0.717) is 11.1 Å². The molecule has 76 valence electrons. The Hall–Kier alpha value is -1.26. The van der Waals surface area contributed by atoms with Crippen LogP contribution in [-0.2, 0) is 0 Å². The van der Waals surface area contributed by atoms with E-state index in [1.54, 1.807) is 0 Å². The molecule has 2 aromatic heterocycles. The van der Waals surface area contributed by atoms with Crippen LogP contribution in [0.4, 0.5) is 4.39 Å². The number of rotatable bonds is 1. The van der Waals surface area contributed by atoms with Crippen molar-refractivity contribution in [1.82, 2.24) is 15.2 Å². The molecule has 0 unspecified atom stereocenters. The second-order valence-electron chi connectivity index (χ2n) is 2.76. The van der Waals surface area contributed by atoms with E-state index in [0.717, 1.165) is 6.20 Å². The smallest absolute Gasteiger partial charge is 0.159 e. The van der Waals surface area contributed by atoms with E-state index in [9.17, 15) is 4.39 Å². The zero-order chi connectivity index (χ0) is 10.8. The highest BCUT2D eigenvalue weighted by molar-refractivity contribution is 6.33. The first kappa shape index (κ1) is 10.3. The zero-order valence-corrected chi connectivity index (χ0v) is 8.80. The molecule has 0 saturated carbocycles. The first-order valence-electron chi connectivity index (χ1n) is 3.96. The summed E-state index contributed by atoms with van der Waals surface area (Å²) >= 11 is 11.5. The lowest BCUT2D eigenvalue weighted by Gasteiger charge is -2.02. The lowest BCUT2D eigenvalue weighted by Crippen LogP contribution is -1.89. The van der Waals surface area contributed by atoms with Crippen molar-refractivity contribution in [1.29, 1.82) is 0 Å². The summed E-state index contributed by atoms with van der Waals surface area (Å²) in [6.07, 6.45) is 2.58. The molecule has 0 aromatic carbocycles. The summed E-state index contributed by atoms with van der Waals surface area (Å²) in [5.41, 5.74) is 1.01. The Labute approximate surface area is 94.9 Å². The van der Waals surface area contributed by atoms with Crippen LogP contribution >= 0.6 is 23.2 Å². The Kier molecular flexibility index (Phi) is 2.79. The third-order valence-corrected chi connectivity index (χ3v) is 2.20. The van der Waals surface area contributed by atoms with Gasteiger partial charge >= 0.3 is 0 Å². The Morgan fingerprint density at radius 3 is 2.60 bits per heavy atom. The van der Waals surface area contributed by atoms with Crippen molar-refractivity contribution in [3.8, 4) is 11.1 Å². The van der Waals surface area contributed by atoms with Crippen molar-refractivity contribution in [3.05, 3.63) is 40.6 Å².